The van der Waals surface area contributed by atoms with Crippen LogP contribution in [-0.2, 0) is 6.54 Å². The van der Waals surface area contributed by atoms with Crippen molar-refractivity contribution in [1.29, 1.82) is 0 Å². The Morgan fingerprint density at radius 2 is 2.16 bits per heavy atom. The van der Waals surface area contributed by atoms with E-state index >= 15 is 0 Å². The molecule has 0 spiro atoms. The number of nitrogens with zero attached hydrogens (tertiary/aromatic N) is 1. The molecule has 0 atom stereocenters. The van der Waals surface area contributed by atoms with Crippen LogP contribution in [-0.4, -0.2) is 10.5 Å². The van der Waals surface area contributed by atoms with Gasteiger partial charge in [-0.05, 0) is 55.5 Å². The number of hydrogen-bond donors (Lipinski definition) is 1. The van der Waals surface area contributed by atoms with Crippen molar-refractivity contribution in [1.82, 2.24) is 4.57 Å². The summed E-state index contributed by atoms with van der Waals surface area (Å²) in [6, 6.07) is 8.11. The maximum atomic E-state index is 14.2. The van der Waals surface area contributed by atoms with E-state index in [1.54, 1.807) is 22.8 Å². The molecule has 1 fully saturated rings. The summed E-state index contributed by atoms with van der Waals surface area (Å²) in [5.41, 5.74) is 1.66. The van der Waals surface area contributed by atoms with Crippen molar-refractivity contribution in [3.05, 3.63) is 63.3 Å². The third-order valence-corrected chi connectivity index (χ3v) is 4.22. The van der Waals surface area contributed by atoms with Gasteiger partial charge in [0.05, 0.1) is 12.1 Å². The molecule has 0 radical (unpaired) electrons. The van der Waals surface area contributed by atoms with Gasteiger partial charge in [-0.15, -0.1) is 0 Å². The molecular weight excluding hydrogens is 339 g/mol. The number of hydrogen-bond acceptors (Lipinski definition) is 4. The molecule has 0 aliphatic heterocycles. The van der Waals surface area contributed by atoms with E-state index in [0.717, 1.165) is 30.5 Å². The van der Waals surface area contributed by atoms with Crippen LogP contribution in [0.3, 0.4) is 0 Å². The van der Waals surface area contributed by atoms with Crippen molar-refractivity contribution < 1.29 is 9.13 Å². The normalized spacial score (nSPS) is 13.2. The summed E-state index contributed by atoms with van der Waals surface area (Å²) in [5, 5.41) is 5.32. The van der Waals surface area contributed by atoms with E-state index in [0.29, 0.717) is 29.3 Å². The van der Waals surface area contributed by atoms with Gasteiger partial charge in [-0.25, -0.2) is 4.39 Å². The smallest absolute Gasteiger partial charge is 0.254 e. The monoisotopic (exact) mass is 358 g/mol. The summed E-state index contributed by atoms with van der Waals surface area (Å²) in [6.07, 6.45) is 2.22. The molecule has 4 nitrogen and oxygen atoms in total. The molecule has 0 bridgehead atoms. The van der Waals surface area contributed by atoms with Crippen LogP contribution in [0.4, 0.5) is 4.39 Å². The largest absolute Gasteiger partial charge is 0.481 e. The quantitative estimate of drug-likeness (QED) is 0.507. The molecular formula is C19H19FN2O2S. The molecule has 3 rings (SSSR count). The van der Waals surface area contributed by atoms with Crippen LogP contribution in [0.25, 0.3) is 0 Å². The summed E-state index contributed by atoms with van der Waals surface area (Å²) < 4.78 is 21.1. The molecule has 1 saturated carbocycles. The zero-order chi connectivity index (χ0) is 17.8. The highest BCUT2D eigenvalue weighted by atomic mass is 32.2. The highest BCUT2D eigenvalue weighted by Gasteiger charge is 2.18. The third-order valence-electron chi connectivity index (χ3n) is 3.96. The Morgan fingerprint density at radius 1 is 1.36 bits per heavy atom. The van der Waals surface area contributed by atoms with Crippen molar-refractivity contribution in [2.75, 3.05) is 5.94 Å². The van der Waals surface area contributed by atoms with Gasteiger partial charge < -0.3 is 9.30 Å². The minimum Gasteiger partial charge on any atom is -0.481 e. The van der Waals surface area contributed by atoms with E-state index in [4.69, 9.17) is 9.88 Å². The van der Waals surface area contributed by atoms with Crippen molar-refractivity contribution in [3.63, 3.8) is 0 Å². The van der Waals surface area contributed by atoms with Crippen LogP contribution in [0.1, 0.15) is 29.7 Å². The SMILES string of the molecule is Cc1cc(OCSN)cc(=O)n1Cc1ccc(C#CC2CC2)c(F)c1. The number of rotatable bonds is 5. The van der Waals surface area contributed by atoms with E-state index in [1.165, 1.54) is 12.1 Å². The molecule has 1 aromatic carbocycles. The van der Waals surface area contributed by atoms with E-state index in [1.807, 2.05) is 6.92 Å². The summed E-state index contributed by atoms with van der Waals surface area (Å²) in [6.45, 7) is 2.11. The summed E-state index contributed by atoms with van der Waals surface area (Å²) >= 11 is 1.04. The molecule has 130 valence electrons. The first-order valence-electron chi connectivity index (χ1n) is 8.03. The first-order valence-corrected chi connectivity index (χ1v) is 9.07. The maximum absolute atomic E-state index is 14.2. The average Bonchev–Trinajstić information content (AvgIpc) is 3.40. The van der Waals surface area contributed by atoms with Gasteiger partial charge in [0.25, 0.3) is 5.56 Å². The van der Waals surface area contributed by atoms with Crippen LogP contribution < -0.4 is 15.4 Å². The second kappa shape index (κ2) is 7.77. The lowest BCUT2D eigenvalue weighted by atomic mass is 10.1. The Balaban J connectivity index is 1.79. The highest BCUT2D eigenvalue weighted by molar-refractivity contribution is 7.96. The number of aromatic nitrogens is 1. The molecule has 0 amide bonds. The lowest BCUT2D eigenvalue weighted by Gasteiger charge is -2.12. The van der Waals surface area contributed by atoms with Gasteiger partial charge in [0.1, 0.15) is 17.5 Å². The fourth-order valence-corrected chi connectivity index (χ4v) is 2.64. The molecule has 1 aromatic heterocycles. The zero-order valence-corrected chi connectivity index (χ0v) is 14.7. The molecule has 6 heteroatoms. The standard InChI is InChI=1S/C19H19FN2O2S/c1-13-8-17(24-12-25-21)10-19(23)22(13)11-15-5-7-16(18(20)9-15)6-4-14-2-3-14/h5,7-10,14H,2-3,11-12,21H2,1H3. The van der Waals surface area contributed by atoms with Crippen LogP contribution in [0.15, 0.2) is 35.1 Å². The number of benzene rings is 1. The van der Waals surface area contributed by atoms with Gasteiger partial charge in [-0.2, -0.15) is 0 Å². The predicted octanol–water partition coefficient (Wildman–Crippen LogP) is 3.05. The predicted molar refractivity (Wildman–Crippen MR) is 97.8 cm³/mol. The second-order valence-corrected chi connectivity index (χ2v) is 6.61. The van der Waals surface area contributed by atoms with Gasteiger partial charge >= 0.3 is 0 Å². The number of halogens is 1. The second-order valence-electron chi connectivity index (χ2n) is 6.04. The van der Waals surface area contributed by atoms with Crippen molar-refractivity contribution in [2.24, 2.45) is 11.1 Å². The first-order chi connectivity index (χ1) is 12.1. The molecule has 2 aromatic rings. The molecule has 0 saturated heterocycles. The van der Waals surface area contributed by atoms with Crippen molar-refractivity contribution in [2.45, 2.75) is 26.3 Å². The Hall–Kier alpha value is -2.23. The molecule has 1 aliphatic rings. The van der Waals surface area contributed by atoms with Gasteiger partial charge in [0.15, 0.2) is 0 Å². The number of pyridine rings is 1. The highest BCUT2D eigenvalue weighted by Crippen LogP contribution is 2.27. The van der Waals surface area contributed by atoms with Gasteiger partial charge in [-0.1, -0.05) is 17.9 Å². The van der Waals surface area contributed by atoms with Crippen molar-refractivity contribution in [3.8, 4) is 17.6 Å². The average molecular weight is 358 g/mol. The summed E-state index contributed by atoms with van der Waals surface area (Å²) in [5.74, 6) is 6.78. The Morgan fingerprint density at radius 3 is 2.80 bits per heavy atom. The Kier molecular flexibility index (Phi) is 5.47. The molecule has 1 heterocycles. The Labute approximate surface area is 150 Å². The lowest BCUT2D eigenvalue weighted by molar-refractivity contribution is 0.390. The number of ether oxygens (including phenoxy) is 1. The van der Waals surface area contributed by atoms with Crippen molar-refractivity contribution >= 4 is 11.9 Å². The van der Waals surface area contributed by atoms with E-state index < -0.39 is 0 Å². The third kappa shape index (κ3) is 4.65. The lowest BCUT2D eigenvalue weighted by Crippen LogP contribution is -2.22. The topological polar surface area (TPSA) is 57.2 Å². The number of nitrogens with two attached hydrogens (primary N) is 1. The molecule has 0 unspecified atom stereocenters. The van der Waals surface area contributed by atoms with Crippen LogP contribution in [0.2, 0.25) is 0 Å². The maximum Gasteiger partial charge on any atom is 0.254 e. The van der Waals surface area contributed by atoms with E-state index in [9.17, 15) is 9.18 Å². The van der Waals surface area contributed by atoms with E-state index in [-0.39, 0.29) is 17.3 Å². The first kappa shape index (κ1) is 17.6. The molecule has 2 N–H and O–H groups in total. The fraction of sp³-hybridized carbons (Fsp3) is 0.316. The van der Waals surface area contributed by atoms with Gasteiger partial charge in [0.2, 0.25) is 0 Å². The summed E-state index contributed by atoms with van der Waals surface area (Å²) in [7, 11) is 0. The van der Waals surface area contributed by atoms with Crippen LogP contribution in [0.5, 0.6) is 5.75 Å². The number of aryl methyl sites for hydroxylation is 1. The minimum atomic E-state index is -0.351. The van der Waals surface area contributed by atoms with Gasteiger partial charge in [-0.3, -0.25) is 9.93 Å². The summed E-state index contributed by atoms with van der Waals surface area (Å²) in [4.78, 5) is 12.3. The zero-order valence-electron chi connectivity index (χ0n) is 13.9. The molecule has 1 aliphatic carbocycles. The fourth-order valence-electron chi connectivity index (χ4n) is 2.44. The molecule has 25 heavy (non-hydrogen) atoms. The van der Waals surface area contributed by atoms with Gasteiger partial charge in [0, 0.05) is 17.7 Å². The minimum absolute atomic E-state index is 0.199. The van der Waals surface area contributed by atoms with Crippen LogP contribution in [0, 0.1) is 30.5 Å². The van der Waals surface area contributed by atoms with E-state index in [2.05, 4.69) is 11.8 Å². The van der Waals surface area contributed by atoms with Crippen LogP contribution >= 0.6 is 11.9 Å². The Bertz CT molecular complexity index is 895.